The van der Waals surface area contributed by atoms with E-state index in [1.165, 1.54) is 16.2 Å². The molecule has 6 aromatic rings. The Kier molecular flexibility index (Phi) is 8.58. The molecule has 2 aliphatic rings. The van der Waals surface area contributed by atoms with Crippen LogP contribution in [0, 0.1) is 0 Å². The first-order valence-electron chi connectivity index (χ1n) is 16.3. The molecule has 248 valence electrons. The number of nitrogens with zero attached hydrogens (tertiary/aromatic N) is 5. The fourth-order valence-corrected chi connectivity index (χ4v) is 9.32. The number of aliphatic hydroxyl groups is 2. The zero-order valence-corrected chi connectivity index (χ0v) is 29.3. The first-order valence-corrected chi connectivity index (χ1v) is 18.8. The largest absolute Gasteiger partial charge is 0.491 e. The van der Waals surface area contributed by atoms with Crippen molar-refractivity contribution in [2.75, 3.05) is 18.5 Å². The molecule has 3 N–H and O–H groups in total. The predicted molar refractivity (Wildman–Crippen MR) is 194 cm³/mol. The molecule has 0 spiro atoms. The summed E-state index contributed by atoms with van der Waals surface area (Å²) in [7, 11) is 3.90. The Morgan fingerprint density at radius 3 is 2.75 bits per heavy atom. The number of hydrogen-bond donors (Lipinski definition) is 3. The van der Waals surface area contributed by atoms with Crippen LogP contribution < -0.4 is 10.1 Å². The number of nitrogens with one attached hydrogen (secondary N) is 1. The van der Waals surface area contributed by atoms with Gasteiger partial charge in [0.15, 0.2) is 6.29 Å². The summed E-state index contributed by atoms with van der Waals surface area (Å²) < 4.78 is 12.3. The van der Waals surface area contributed by atoms with Crippen LogP contribution in [0.3, 0.4) is 0 Å². The highest BCUT2D eigenvalue weighted by Gasteiger charge is 2.27. The second-order valence-electron chi connectivity index (χ2n) is 12.4. The van der Waals surface area contributed by atoms with Gasteiger partial charge in [-0.15, -0.1) is 23.5 Å². The minimum absolute atomic E-state index is 0.464. The Bertz CT molecular complexity index is 2170. The normalized spacial score (nSPS) is 15.6. The number of fused-ring (bicyclic) bond motifs is 10. The number of halogens is 1. The van der Waals surface area contributed by atoms with E-state index in [1.807, 2.05) is 58.3 Å². The number of benzene rings is 2. The lowest BCUT2D eigenvalue weighted by atomic mass is 9.98. The maximum absolute atomic E-state index is 10.7. The maximum Gasteiger partial charge on any atom is 0.194 e. The average Bonchev–Trinajstić information content (AvgIpc) is 3.72. The number of pyridine rings is 1. The molecule has 8 rings (SSSR count). The minimum atomic E-state index is -1.65. The Morgan fingerprint density at radius 1 is 0.979 bits per heavy atom. The summed E-state index contributed by atoms with van der Waals surface area (Å²) in [6, 6.07) is 16.6. The van der Waals surface area contributed by atoms with Crippen LogP contribution in [0.5, 0.6) is 5.75 Å². The van der Waals surface area contributed by atoms with Crippen LogP contribution in [0.1, 0.15) is 53.0 Å². The fraction of sp³-hybridized carbons (Fsp3) is 0.333. The molecular formula is C36H37ClN6O3S2. The van der Waals surface area contributed by atoms with E-state index >= 15 is 0 Å². The second-order valence-corrected chi connectivity index (χ2v) is 14.9. The van der Waals surface area contributed by atoms with Gasteiger partial charge in [0.25, 0.3) is 0 Å². The molecule has 2 aromatic carbocycles. The van der Waals surface area contributed by atoms with Crippen LogP contribution in [0.4, 0.5) is 5.69 Å². The topological polar surface area (TPSA) is 102 Å². The van der Waals surface area contributed by atoms with Crippen molar-refractivity contribution in [2.24, 2.45) is 14.1 Å². The minimum Gasteiger partial charge on any atom is -0.491 e. The molecule has 0 aliphatic carbocycles. The van der Waals surface area contributed by atoms with E-state index < -0.39 is 6.29 Å². The highest BCUT2D eigenvalue weighted by molar-refractivity contribution is 7.98. The zero-order chi connectivity index (χ0) is 32.9. The Labute approximate surface area is 292 Å². The molecule has 8 bridgehead atoms. The van der Waals surface area contributed by atoms with Crippen molar-refractivity contribution in [3.05, 3.63) is 93.7 Å². The van der Waals surface area contributed by atoms with Gasteiger partial charge in [0.2, 0.25) is 0 Å². The van der Waals surface area contributed by atoms with Gasteiger partial charge in [0, 0.05) is 71.2 Å². The zero-order valence-electron chi connectivity index (χ0n) is 26.9. The Hall–Kier alpha value is -3.61. The van der Waals surface area contributed by atoms with Gasteiger partial charge in [0.1, 0.15) is 5.75 Å². The van der Waals surface area contributed by atoms with Crippen LogP contribution in [-0.2, 0) is 44.2 Å². The number of rotatable bonds is 1. The van der Waals surface area contributed by atoms with Crippen molar-refractivity contribution in [1.29, 1.82) is 0 Å². The average molecular weight is 701 g/mol. The number of anilines is 1. The third kappa shape index (κ3) is 5.65. The number of ether oxygens (including phenoxy) is 1. The molecule has 2 aliphatic heterocycles. The van der Waals surface area contributed by atoms with E-state index in [1.54, 1.807) is 23.5 Å². The van der Waals surface area contributed by atoms with Gasteiger partial charge in [-0.1, -0.05) is 23.7 Å². The van der Waals surface area contributed by atoms with E-state index in [0.29, 0.717) is 35.9 Å². The van der Waals surface area contributed by atoms with Gasteiger partial charge in [-0.3, -0.25) is 4.68 Å². The molecule has 0 saturated carbocycles. The van der Waals surface area contributed by atoms with Crippen LogP contribution in [-0.4, -0.2) is 47.3 Å². The maximum atomic E-state index is 10.7. The van der Waals surface area contributed by atoms with E-state index in [2.05, 4.69) is 29.6 Å². The number of aliphatic hydroxyl groups excluding tert-OH is 1. The third-order valence-electron chi connectivity index (χ3n) is 9.38. The van der Waals surface area contributed by atoms with E-state index in [4.69, 9.17) is 26.5 Å². The third-order valence-corrected chi connectivity index (χ3v) is 11.7. The standard InChI is InChI=1S/C36H37ClN6O3S2/c1-41-34-26-10-11-27(37)31(34)32-28(40-43-13-4-3-9-29(32)43)20-47-18-22-16-23(42(2)39-22)19-48-24-15-21-7-5-12-38-33(21)30(17-24)46-14-6-8-25(26)35(41)36(44)45/h3-4,9-11,13,15-17,36,38,44-45H,5-8,12,14,18-20H2,1-2H3. The van der Waals surface area contributed by atoms with Gasteiger partial charge in [0.05, 0.1) is 45.4 Å². The van der Waals surface area contributed by atoms with Gasteiger partial charge in [-0.2, -0.15) is 10.2 Å². The molecule has 0 amide bonds. The van der Waals surface area contributed by atoms with Crippen molar-refractivity contribution < 1.29 is 14.9 Å². The van der Waals surface area contributed by atoms with Gasteiger partial charge in [-0.05, 0) is 73.2 Å². The van der Waals surface area contributed by atoms with Crippen molar-refractivity contribution >= 4 is 57.2 Å². The van der Waals surface area contributed by atoms with Crippen LogP contribution in [0.25, 0.3) is 27.5 Å². The van der Waals surface area contributed by atoms with E-state index in [0.717, 1.165) is 86.8 Å². The number of thioether (sulfide) groups is 2. The Morgan fingerprint density at radius 2 is 1.88 bits per heavy atom. The molecule has 0 unspecified atom stereocenters. The van der Waals surface area contributed by atoms with Crippen molar-refractivity contribution in [3.8, 4) is 16.9 Å². The molecule has 9 nitrogen and oxygen atoms in total. The quantitative estimate of drug-likeness (QED) is 0.154. The highest BCUT2D eigenvalue weighted by atomic mass is 35.5. The second kappa shape index (κ2) is 13.0. The Balaban J connectivity index is 1.26. The first kappa shape index (κ1) is 31.6. The lowest BCUT2D eigenvalue weighted by molar-refractivity contribution is -0.0481. The molecule has 6 heterocycles. The van der Waals surface area contributed by atoms with E-state index in [-0.39, 0.29) is 0 Å². The summed E-state index contributed by atoms with van der Waals surface area (Å²) in [5, 5.41) is 36.4. The number of hydrogen-bond acceptors (Lipinski definition) is 8. The molecule has 48 heavy (non-hydrogen) atoms. The van der Waals surface area contributed by atoms with Gasteiger partial charge >= 0.3 is 0 Å². The predicted octanol–water partition coefficient (Wildman–Crippen LogP) is 7.27. The lowest BCUT2D eigenvalue weighted by Crippen LogP contribution is -2.14. The fourth-order valence-electron chi connectivity index (χ4n) is 7.22. The summed E-state index contributed by atoms with van der Waals surface area (Å²) >= 11 is 10.7. The van der Waals surface area contributed by atoms with Crippen LogP contribution in [0.15, 0.2) is 59.6 Å². The summed E-state index contributed by atoms with van der Waals surface area (Å²) in [6.45, 7) is 1.42. The molecule has 4 aromatic heterocycles. The molecule has 0 fully saturated rings. The highest BCUT2D eigenvalue weighted by Crippen LogP contribution is 2.44. The summed E-state index contributed by atoms with van der Waals surface area (Å²) in [6.07, 6.45) is 3.72. The molecule has 0 atom stereocenters. The first-order chi connectivity index (χ1) is 23.4. The lowest BCUT2D eigenvalue weighted by Gasteiger charge is -2.22. The van der Waals surface area contributed by atoms with Crippen LogP contribution >= 0.6 is 35.1 Å². The smallest absolute Gasteiger partial charge is 0.194 e. The molecule has 0 saturated heterocycles. The van der Waals surface area contributed by atoms with E-state index in [9.17, 15) is 10.2 Å². The van der Waals surface area contributed by atoms with Crippen molar-refractivity contribution in [2.45, 2.75) is 54.1 Å². The summed E-state index contributed by atoms with van der Waals surface area (Å²) in [5.74, 6) is 3.07. The summed E-state index contributed by atoms with van der Waals surface area (Å²) in [5.41, 5.74) is 10.4. The molecular weight excluding hydrogens is 664 g/mol. The van der Waals surface area contributed by atoms with Gasteiger partial charge in [-0.25, -0.2) is 4.52 Å². The van der Waals surface area contributed by atoms with Gasteiger partial charge < -0.3 is 24.8 Å². The van der Waals surface area contributed by atoms with Crippen molar-refractivity contribution in [3.63, 3.8) is 0 Å². The molecule has 12 heteroatoms. The summed E-state index contributed by atoms with van der Waals surface area (Å²) in [4.78, 5) is 1.18. The number of aryl methyl sites for hydroxylation is 4. The SMILES string of the molecule is Cn1nc2cc1CSc1cc3c(c(c1)OCCCc1c(C(O)O)n(C)c4c(c(Cl)ccc14)-c1c(nn4ccccc14)CSC2)NCCC3. The van der Waals surface area contributed by atoms with Crippen molar-refractivity contribution in [1.82, 2.24) is 24.0 Å². The molecule has 0 radical (unpaired) electrons. The monoisotopic (exact) mass is 700 g/mol. The number of aromatic nitrogens is 5. The van der Waals surface area contributed by atoms with Crippen LogP contribution in [0.2, 0.25) is 5.02 Å².